The summed E-state index contributed by atoms with van der Waals surface area (Å²) in [6.07, 6.45) is 0. The van der Waals surface area contributed by atoms with E-state index < -0.39 is 10.0 Å². The van der Waals surface area contributed by atoms with Gasteiger partial charge in [-0.2, -0.15) is 0 Å². The molecule has 7 nitrogen and oxygen atoms in total. The number of hydrogen-bond acceptors (Lipinski definition) is 6. The lowest BCUT2D eigenvalue weighted by molar-refractivity contribution is 0.601. The number of fused-ring (bicyclic) bond motifs is 1. The van der Waals surface area contributed by atoms with Crippen molar-refractivity contribution in [3.05, 3.63) is 77.8 Å². The van der Waals surface area contributed by atoms with E-state index in [1.807, 2.05) is 12.1 Å². The molecule has 0 unspecified atom stereocenters. The molecule has 0 fully saturated rings. The molecule has 0 bridgehead atoms. The molecule has 29 heavy (non-hydrogen) atoms. The molecule has 1 heterocycles. The van der Waals surface area contributed by atoms with Gasteiger partial charge in [-0.3, -0.25) is 4.72 Å². The van der Waals surface area contributed by atoms with Crippen molar-refractivity contribution in [3.63, 3.8) is 0 Å². The summed E-state index contributed by atoms with van der Waals surface area (Å²) in [5, 5.41) is 3.54. The molecule has 0 aliphatic heterocycles. The molecule has 146 valence electrons. The zero-order valence-electron chi connectivity index (χ0n) is 15.0. The lowest BCUT2D eigenvalue weighted by Gasteiger charge is -2.14. The number of nitrogens with one attached hydrogen (secondary N) is 2. The van der Waals surface area contributed by atoms with Gasteiger partial charge in [0.2, 0.25) is 0 Å². The minimum Gasteiger partial charge on any atom is -0.399 e. The van der Waals surface area contributed by atoms with Crippen LogP contribution in [-0.4, -0.2) is 18.4 Å². The van der Waals surface area contributed by atoms with Crippen LogP contribution in [0.3, 0.4) is 0 Å². The fraction of sp³-hybridized carbons (Fsp3) is 0. The highest BCUT2D eigenvalue weighted by Crippen LogP contribution is 2.27. The van der Waals surface area contributed by atoms with Crippen molar-refractivity contribution in [3.8, 4) is 0 Å². The van der Waals surface area contributed by atoms with Crippen LogP contribution in [0.1, 0.15) is 0 Å². The molecular formula is C20H16ClN5O2S. The van der Waals surface area contributed by atoms with Crippen molar-refractivity contribution in [2.45, 2.75) is 4.90 Å². The number of sulfonamides is 1. The van der Waals surface area contributed by atoms with Crippen LogP contribution in [0.5, 0.6) is 0 Å². The highest BCUT2D eigenvalue weighted by molar-refractivity contribution is 7.92. The Morgan fingerprint density at radius 1 is 0.793 bits per heavy atom. The van der Waals surface area contributed by atoms with Gasteiger partial charge in [0.15, 0.2) is 11.6 Å². The summed E-state index contributed by atoms with van der Waals surface area (Å²) < 4.78 is 28.2. The first-order chi connectivity index (χ1) is 13.9. The molecule has 4 rings (SSSR count). The third kappa shape index (κ3) is 4.23. The molecule has 0 radical (unpaired) electrons. The molecule has 1 aromatic heterocycles. The van der Waals surface area contributed by atoms with Crippen LogP contribution in [0, 0.1) is 0 Å². The minimum absolute atomic E-state index is 0.0651. The normalized spacial score (nSPS) is 11.3. The molecule has 0 saturated heterocycles. The van der Waals surface area contributed by atoms with Gasteiger partial charge in [-0.25, -0.2) is 18.4 Å². The van der Waals surface area contributed by atoms with Crippen molar-refractivity contribution < 1.29 is 8.42 Å². The van der Waals surface area contributed by atoms with E-state index in [4.69, 9.17) is 17.3 Å². The van der Waals surface area contributed by atoms with Crippen molar-refractivity contribution in [2.24, 2.45) is 0 Å². The second-order valence-corrected chi connectivity index (χ2v) is 8.33. The Bertz CT molecular complexity index is 1280. The average molecular weight is 426 g/mol. The fourth-order valence-electron chi connectivity index (χ4n) is 2.66. The van der Waals surface area contributed by atoms with Gasteiger partial charge in [0.25, 0.3) is 10.0 Å². The predicted octanol–water partition coefficient (Wildman–Crippen LogP) is 4.41. The molecule has 0 aliphatic carbocycles. The third-order valence-electron chi connectivity index (χ3n) is 4.10. The Balaban J connectivity index is 1.77. The first-order valence-electron chi connectivity index (χ1n) is 8.58. The molecule has 0 atom stereocenters. The Morgan fingerprint density at radius 3 is 2.00 bits per heavy atom. The monoisotopic (exact) mass is 425 g/mol. The molecule has 0 aliphatic rings. The number of aromatic nitrogens is 2. The van der Waals surface area contributed by atoms with Gasteiger partial charge in [-0.15, -0.1) is 0 Å². The number of nitrogens with zero attached hydrogens (tertiary/aromatic N) is 2. The zero-order valence-corrected chi connectivity index (χ0v) is 16.6. The summed E-state index contributed by atoms with van der Waals surface area (Å²) in [5.74, 6) is 0.349. The Morgan fingerprint density at radius 2 is 1.38 bits per heavy atom. The number of nitrogen functional groups attached to an aromatic ring is 1. The van der Waals surface area contributed by atoms with Crippen LogP contribution in [0.25, 0.3) is 11.0 Å². The SMILES string of the molecule is Nc1ccc(Nc2nc3ccccc3nc2NS(=O)(=O)c2ccc(Cl)cc2)cc1. The third-order valence-corrected chi connectivity index (χ3v) is 5.71. The van der Waals surface area contributed by atoms with E-state index in [2.05, 4.69) is 20.0 Å². The maximum absolute atomic E-state index is 12.8. The maximum atomic E-state index is 12.8. The molecule has 4 N–H and O–H groups in total. The van der Waals surface area contributed by atoms with Crippen molar-refractivity contribution in [1.29, 1.82) is 0 Å². The van der Waals surface area contributed by atoms with Crippen molar-refractivity contribution in [2.75, 3.05) is 15.8 Å². The number of hydrogen-bond donors (Lipinski definition) is 3. The van der Waals surface area contributed by atoms with E-state index in [-0.39, 0.29) is 16.5 Å². The average Bonchev–Trinajstić information content (AvgIpc) is 2.70. The summed E-state index contributed by atoms with van der Waals surface area (Å²) in [6.45, 7) is 0. The molecule has 0 saturated carbocycles. The minimum atomic E-state index is -3.89. The lowest BCUT2D eigenvalue weighted by Crippen LogP contribution is -2.16. The van der Waals surface area contributed by atoms with E-state index in [0.29, 0.717) is 27.4 Å². The Labute approximate surface area is 172 Å². The van der Waals surface area contributed by atoms with Gasteiger partial charge >= 0.3 is 0 Å². The number of halogens is 1. The molecular weight excluding hydrogens is 410 g/mol. The second-order valence-electron chi connectivity index (χ2n) is 6.22. The second kappa shape index (κ2) is 7.57. The Hall–Kier alpha value is -3.36. The summed E-state index contributed by atoms with van der Waals surface area (Å²) in [4.78, 5) is 9.05. The van der Waals surface area contributed by atoms with Crippen LogP contribution in [0.15, 0.2) is 77.7 Å². The smallest absolute Gasteiger partial charge is 0.263 e. The molecule has 3 aromatic carbocycles. The zero-order chi connectivity index (χ0) is 20.4. The van der Waals surface area contributed by atoms with Gasteiger partial charge in [-0.1, -0.05) is 23.7 Å². The molecule has 0 spiro atoms. The first kappa shape index (κ1) is 19.0. The summed E-state index contributed by atoms with van der Waals surface area (Å²) >= 11 is 5.86. The van der Waals surface area contributed by atoms with Crippen LogP contribution in [0.4, 0.5) is 23.0 Å². The first-order valence-corrected chi connectivity index (χ1v) is 10.4. The highest BCUT2D eigenvalue weighted by atomic mass is 35.5. The predicted molar refractivity (Wildman–Crippen MR) is 116 cm³/mol. The number of benzene rings is 3. The van der Waals surface area contributed by atoms with Gasteiger partial charge in [0, 0.05) is 16.4 Å². The van der Waals surface area contributed by atoms with Gasteiger partial charge < -0.3 is 11.1 Å². The number of rotatable bonds is 5. The Kier molecular flexibility index (Phi) is 4.96. The van der Waals surface area contributed by atoms with Crippen LogP contribution in [0.2, 0.25) is 5.02 Å². The molecule has 9 heteroatoms. The van der Waals surface area contributed by atoms with Crippen LogP contribution >= 0.6 is 11.6 Å². The van der Waals surface area contributed by atoms with E-state index in [9.17, 15) is 8.42 Å². The summed E-state index contributed by atoms with van der Waals surface area (Å²) in [5.41, 5.74) is 8.22. The van der Waals surface area contributed by atoms with E-state index in [1.165, 1.54) is 24.3 Å². The van der Waals surface area contributed by atoms with Gasteiger partial charge in [0.1, 0.15) is 0 Å². The number of anilines is 4. The van der Waals surface area contributed by atoms with Crippen molar-refractivity contribution in [1.82, 2.24) is 9.97 Å². The molecule has 0 amide bonds. The van der Waals surface area contributed by atoms with E-state index >= 15 is 0 Å². The largest absolute Gasteiger partial charge is 0.399 e. The highest BCUT2D eigenvalue weighted by Gasteiger charge is 2.19. The van der Waals surface area contributed by atoms with Crippen molar-refractivity contribution >= 4 is 55.7 Å². The number of nitrogens with two attached hydrogens (primary N) is 1. The van der Waals surface area contributed by atoms with E-state index in [0.717, 1.165) is 0 Å². The standard InChI is InChI=1S/C20H16ClN5O2S/c21-13-5-11-16(12-6-13)29(27,28)26-20-19(23-15-9-7-14(22)8-10-15)24-17-3-1-2-4-18(17)25-20/h1-12H,22H2,(H,23,24)(H,25,26). The molecule has 4 aromatic rings. The maximum Gasteiger partial charge on any atom is 0.263 e. The lowest BCUT2D eigenvalue weighted by atomic mass is 10.3. The fourth-order valence-corrected chi connectivity index (χ4v) is 3.80. The summed E-state index contributed by atoms with van der Waals surface area (Å²) in [6, 6.07) is 20.1. The van der Waals surface area contributed by atoms with Gasteiger partial charge in [0.05, 0.1) is 15.9 Å². The van der Waals surface area contributed by atoms with E-state index in [1.54, 1.807) is 36.4 Å². The van der Waals surface area contributed by atoms with Gasteiger partial charge in [-0.05, 0) is 60.7 Å². The van der Waals surface area contributed by atoms with Crippen LogP contribution in [-0.2, 0) is 10.0 Å². The number of para-hydroxylation sites is 2. The quantitative estimate of drug-likeness (QED) is 0.408. The van der Waals surface area contributed by atoms with Crippen LogP contribution < -0.4 is 15.8 Å². The summed E-state index contributed by atoms with van der Waals surface area (Å²) in [7, 11) is -3.89. The topological polar surface area (TPSA) is 110 Å².